The molecule has 1 aliphatic rings. The molecule has 0 saturated carbocycles. The normalized spacial score (nSPS) is 15.9. The Morgan fingerprint density at radius 3 is 2.66 bits per heavy atom. The van der Waals surface area contributed by atoms with Crippen molar-refractivity contribution < 1.29 is 0 Å². The fourth-order valence-electron chi connectivity index (χ4n) is 4.21. The van der Waals surface area contributed by atoms with Crippen LogP contribution >= 0.6 is 0 Å². The molecule has 1 N–H and O–H groups in total. The van der Waals surface area contributed by atoms with Gasteiger partial charge in [-0.1, -0.05) is 42.5 Å². The lowest BCUT2D eigenvalue weighted by atomic mass is 9.98. The number of rotatable bonds is 4. The quantitative estimate of drug-likeness (QED) is 0.530. The van der Waals surface area contributed by atoms with Gasteiger partial charge >= 0.3 is 0 Å². The van der Waals surface area contributed by atoms with Gasteiger partial charge in [-0.25, -0.2) is 4.98 Å². The van der Waals surface area contributed by atoms with Gasteiger partial charge in [0.2, 0.25) is 0 Å². The number of benzene rings is 3. The highest BCUT2D eigenvalue weighted by molar-refractivity contribution is 5.80. The standard InChI is InChI=1S/C27H22N4O/c28-17-20-10-8-19(9-11-20)12-13-26-30-25-7-2-1-6-24(25)27(32)31(26)23-5-3-4-21(16-23)22-14-15-29-18-22/h1-13,16,22,29H,14-15,18H2/b13-12+. The van der Waals surface area contributed by atoms with Crippen LogP contribution in [0.25, 0.3) is 28.7 Å². The Labute approximate surface area is 186 Å². The molecule has 1 saturated heterocycles. The second kappa shape index (κ2) is 8.62. The largest absolute Gasteiger partial charge is 0.316 e. The lowest BCUT2D eigenvalue weighted by Crippen LogP contribution is -2.22. The van der Waals surface area contributed by atoms with Gasteiger partial charge in [-0.2, -0.15) is 5.26 Å². The van der Waals surface area contributed by atoms with E-state index in [9.17, 15) is 4.79 Å². The summed E-state index contributed by atoms with van der Waals surface area (Å²) < 4.78 is 1.69. The van der Waals surface area contributed by atoms with Crippen molar-refractivity contribution in [2.24, 2.45) is 0 Å². The number of nitrogens with zero attached hydrogens (tertiary/aromatic N) is 3. The summed E-state index contributed by atoms with van der Waals surface area (Å²) in [5.41, 5.74) is 4.18. The molecule has 4 aromatic rings. The minimum atomic E-state index is -0.0863. The van der Waals surface area contributed by atoms with Crippen molar-refractivity contribution in [1.29, 1.82) is 5.26 Å². The molecular weight excluding hydrogens is 396 g/mol. The molecule has 32 heavy (non-hydrogen) atoms. The van der Waals surface area contributed by atoms with Gasteiger partial charge in [-0.05, 0) is 72.5 Å². The van der Waals surface area contributed by atoms with E-state index in [1.54, 1.807) is 16.7 Å². The Balaban J connectivity index is 1.64. The van der Waals surface area contributed by atoms with Gasteiger partial charge in [0.25, 0.3) is 5.56 Å². The summed E-state index contributed by atoms with van der Waals surface area (Å²) in [7, 11) is 0. The predicted molar refractivity (Wildman–Crippen MR) is 128 cm³/mol. The highest BCUT2D eigenvalue weighted by Crippen LogP contribution is 2.25. The first-order valence-corrected chi connectivity index (χ1v) is 10.7. The number of nitrogens with one attached hydrogen (secondary N) is 1. The SMILES string of the molecule is N#Cc1ccc(/C=C/c2nc3ccccc3c(=O)n2-c2cccc(C3CCNC3)c2)cc1. The molecule has 0 aliphatic carbocycles. The molecule has 156 valence electrons. The Morgan fingerprint density at radius 1 is 1.03 bits per heavy atom. The monoisotopic (exact) mass is 418 g/mol. The van der Waals surface area contributed by atoms with Crippen molar-refractivity contribution >= 4 is 23.1 Å². The number of nitriles is 1. The van der Waals surface area contributed by atoms with Crippen molar-refractivity contribution in [2.45, 2.75) is 12.3 Å². The van der Waals surface area contributed by atoms with Crippen LogP contribution in [0.4, 0.5) is 0 Å². The molecule has 5 rings (SSSR count). The molecule has 0 spiro atoms. The molecule has 5 nitrogen and oxygen atoms in total. The summed E-state index contributed by atoms with van der Waals surface area (Å²) >= 11 is 0. The maximum Gasteiger partial charge on any atom is 0.266 e. The van der Waals surface area contributed by atoms with Crippen LogP contribution in [-0.2, 0) is 0 Å². The lowest BCUT2D eigenvalue weighted by molar-refractivity contribution is 0.761. The van der Waals surface area contributed by atoms with Gasteiger partial charge in [-0.3, -0.25) is 9.36 Å². The van der Waals surface area contributed by atoms with Crippen molar-refractivity contribution in [3.8, 4) is 11.8 Å². The molecule has 5 heteroatoms. The van der Waals surface area contributed by atoms with Gasteiger partial charge in [0.1, 0.15) is 5.82 Å². The summed E-state index contributed by atoms with van der Waals surface area (Å²) in [6.45, 7) is 1.98. The van der Waals surface area contributed by atoms with Crippen LogP contribution in [0, 0.1) is 11.3 Å². The van der Waals surface area contributed by atoms with E-state index in [0.29, 0.717) is 28.2 Å². The lowest BCUT2D eigenvalue weighted by Gasteiger charge is -2.15. The molecule has 2 heterocycles. The fraction of sp³-hybridized carbons (Fsp3) is 0.148. The van der Waals surface area contributed by atoms with Crippen molar-refractivity contribution in [3.05, 3.63) is 106 Å². The van der Waals surface area contributed by atoms with Crippen molar-refractivity contribution in [3.63, 3.8) is 0 Å². The second-order valence-electron chi connectivity index (χ2n) is 7.98. The summed E-state index contributed by atoms with van der Waals surface area (Å²) in [5, 5.41) is 13.0. The Kier molecular flexibility index (Phi) is 5.37. The molecule has 0 bridgehead atoms. The number of fused-ring (bicyclic) bond motifs is 1. The minimum Gasteiger partial charge on any atom is -0.316 e. The molecule has 0 amide bonds. The summed E-state index contributed by atoms with van der Waals surface area (Å²) in [6, 6.07) is 25.1. The highest BCUT2D eigenvalue weighted by Gasteiger charge is 2.18. The van der Waals surface area contributed by atoms with Crippen molar-refractivity contribution in [1.82, 2.24) is 14.9 Å². The minimum absolute atomic E-state index is 0.0863. The zero-order valence-corrected chi connectivity index (χ0v) is 17.5. The van der Waals surface area contributed by atoms with Crippen LogP contribution in [-0.4, -0.2) is 22.6 Å². The Morgan fingerprint density at radius 2 is 1.88 bits per heavy atom. The van der Waals surface area contributed by atoms with E-state index < -0.39 is 0 Å². The van der Waals surface area contributed by atoms with Gasteiger partial charge in [0, 0.05) is 6.54 Å². The van der Waals surface area contributed by atoms with Crippen LogP contribution in [0.15, 0.2) is 77.6 Å². The Hall–Kier alpha value is -4.01. The average molecular weight is 419 g/mol. The smallest absolute Gasteiger partial charge is 0.266 e. The van der Waals surface area contributed by atoms with Crippen LogP contribution in [0.3, 0.4) is 0 Å². The van der Waals surface area contributed by atoms with E-state index in [1.807, 2.05) is 60.7 Å². The maximum atomic E-state index is 13.5. The Bertz CT molecular complexity index is 1400. The van der Waals surface area contributed by atoms with Crippen LogP contribution in [0.1, 0.15) is 34.9 Å². The van der Waals surface area contributed by atoms with E-state index in [1.165, 1.54) is 5.56 Å². The second-order valence-corrected chi connectivity index (χ2v) is 7.98. The van der Waals surface area contributed by atoms with Gasteiger partial charge in [0.05, 0.1) is 28.2 Å². The fourth-order valence-corrected chi connectivity index (χ4v) is 4.21. The number of para-hydroxylation sites is 1. The molecule has 1 fully saturated rings. The first-order chi connectivity index (χ1) is 15.7. The number of hydrogen-bond donors (Lipinski definition) is 1. The zero-order chi connectivity index (χ0) is 21.9. The van der Waals surface area contributed by atoms with Gasteiger partial charge < -0.3 is 5.32 Å². The number of aromatic nitrogens is 2. The molecule has 0 radical (unpaired) electrons. The topological polar surface area (TPSA) is 70.7 Å². The molecule has 3 aromatic carbocycles. The van der Waals surface area contributed by atoms with E-state index in [-0.39, 0.29) is 5.56 Å². The first kappa shape index (κ1) is 19.9. The molecular formula is C27H22N4O. The third kappa shape index (κ3) is 3.84. The van der Waals surface area contributed by atoms with Crippen molar-refractivity contribution in [2.75, 3.05) is 13.1 Å². The average Bonchev–Trinajstić information content (AvgIpc) is 3.38. The van der Waals surface area contributed by atoms with E-state index in [0.717, 1.165) is 30.8 Å². The van der Waals surface area contributed by atoms with Gasteiger partial charge in [0.15, 0.2) is 0 Å². The van der Waals surface area contributed by atoms with E-state index in [2.05, 4.69) is 23.5 Å². The van der Waals surface area contributed by atoms with Crippen LogP contribution in [0.2, 0.25) is 0 Å². The van der Waals surface area contributed by atoms with Crippen LogP contribution in [0.5, 0.6) is 0 Å². The maximum absolute atomic E-state index is 13.5. The molecule has 1 aliphatic heterocycles. The first-order valence-electron chi connectivity index (χ1n) is 10.7. The van der Waals surface area contributed by atoms with E-state index >= 15 is 0 Å². The summed E-state index contributed by atoms with van der Waals surface area (Å²) in [5.74, 6) is 1.02. The number of hydrogen-bond acceptors (Lipinski definition) is 4. The van der Waals surface area contributed by atoms with E-state index in [4.69, 9.17) is 10.2 Å². The van der Waals surface area contributed by atoms with Crippen LogP contribution < -0.4 is 10.9 Å². The summed E-state index contributed by atoms with van der Waals surface area (Å²) in [4.78, 5) is 18.3. The summed E-state index contributed by atoms with van der Waals surface area (Å²) in [6.07, 6.45) is 4.87. The predicted octanol–water partition coefficient (Wildman–Crippen LogP) is 4.50. The molecule has 1 aromatic heterocycles. The highest BCUT2D eigenvalue weighted by atomic mass is 16.1. The molecule has 1 atom stereocenters. The zero-order valence-electron chi connectivity index (χ0n) is 17.5. The van der Waals surface area contributed by atoms with Gasteiger partial charge in [-0.15, -0.1) is 0 Å². The molecule has 1 unspecified atom stereocenters. The third-order valence-electron chi connectivity index (χ3n) is 5.93. The third-order valence-corrected chi connectivity index (χ3v) is 5.93.